The molecule has 0 amide bonds. The average Bonchev–Trinajstić information content (AvgIpc) is 3.30. The minimum absolute atomic E-state index is 0.0160. The average molecular weight is 412 g/mol. The van der Waals surface area contributed by atoms with Gasteiger partial charge in [-0.1, -0.05) is 28.9 Å². The number of fused-ring (bicyclic) bond motifs is 1. The molecule has 0 atom stereocenters. The van der Waals surface area contributed by atoms with Crippen molar-refractivity contribution >= 4 is 28.5 Å². The molecule has 8 heteroatoms. The first kappa shape index (κ1) is 19.0. The summed E-state index contributed by atoms with van der Waals surface area (Å²) in [4.78, 5) is 15.6. The van der Waals surface area contributed by atoms with Crippen LogP contribution < -0.4 is 4.74 Å². The molecule has 1 N–H and O–H groups in total. The van der Waals surface area contributed by atoms with Gasteiger partial charge in [0.15, 0.2) is 0 Å². The van der Waals surface area contributed by atoms with E-state index in [0.717, 1.165) is 16.5 Å². The van der Waals surface area contributed by atoms with Crippen molar-refractivity contribution in [1.82, 2.24) is 14.7 Å². The molecule has 7 nitrogen and oxygen atoms in total. The molecule has 0 radical (unpaired) electrons. The third-order valence-electron chi connectivity index (χ3n) is 4.33. The molecule has 4 rings (SSSR count). The molecule has 4 aromatic rings. The van der Waals surface area contributed by atoms with Gasteiger partial charge >= 0.3 is 5.97 Å². The smallest absolute Gasteiger partial charge is 0.323 e. The number of hydrogen-bond acceptors (Lipinski definition) is 5. The second-order valence-electron chi connectivity index (χ2n) is 6.81. The predicted octanol–water partition coefficient (Wildman–Crippen LogP) is 4.88. The molecule has 2 aromatic carbocycles. The second kappa shape index (κ2) is 7.60. The summed E-state index contributed by atoms with van der Waals surface area (Å²) in [7, 11) is 0. The molecule has 0 bridgehead atoms. The highest BCUT2D eigenvalue weighted by atomic mass is 35.5. The third-order valence-corrected chi connectivity index (χ3v) is 4.62. The zero-order valence-corrected chi connectivity index (χ0v) is 16.6. The molecule has 0 saturated carbocycles. The standard InChI is InChI=1S/C21H18ClN3O4/c1-12(2)28-18-7-6-13(10-16(18)22)21-23-20(24-29-21)15-4-3-5-17-14(15)8-9-25(17)11-19(26)27/h3-10,12H,11H2,1-2H3,(H,26,27). The van der Waals surface area contributed by atoms with E-state index in [0.29, 0.717) is 28.1 Å². The Balaban J connectivity index is 1.69. The summed E-state index contributed by atoms with van der Waals surface area (Å²) in [5.41, 5.74) is 2.22. The summed E-state index contributed by atoms with van der Waals surface area (Å²) in [6.07, 6.45) is 1.75. The predicted molar refractivity (Wildman–Crippen MR) is 109 cm³/mol. The number of aliphatic carboxylic acids is 1. The topological polar surface area (TPSA) is 90.4 Å². The molecule has 0 unspecified atom stereocenters. The Labute approximate surface area is 171 Å². The van der Waals surface area contributed by atoms with Crippen LogP contribution in [0.15, 0.2) is 53.2 Å². The Bertz CT molecular complexity index is 1200. The van der Waals surface area contributed by atoms with Crippen LogP contribution in [0.1, 0.15) is 13.8 Å². The number of carboxylic acids is 1. The van der Waals surface area contributed by atoms with Crippen molar-refractivity contribution in [3.63, 3.8) is 0 Å². The van der Waals surface area contributed by atoms with E-state index in [1.807, 2.05) is 44.2 Å². The summed E-state index contributed by atoms with van der Waals surface area (Å²) < 4.78 is 12.7. The van der Waals surface area contributed by atoms with Crippen LogP contribution in [0.4, 0.5) is 0 Å². The molecule has 0 aliphatic carbocycles. The highest BCUT2D eigenvalue weighted by molar-refractivity contribution is 6.32. The van der Waals surface area contributed by atoms with Gasteiger partial charge < -0.3 is 18.9 Å². The van der Waals surface area contributed by atoms with Gasteiger partial charge in [-0.05, 0) is 44.2 Å². The van der Waals surface area contributed by atoms with Gasteiger partial charge in [0.25, 0.3) is 5.89 Å². The Morgan fingerprint density at radius 3 is 2.83 bits per heavy atom. The lowest BCUT2D eigenvalue weighted by atomic mass is 10.1. The van der Waals surface area contributed by atoms with E-state index < -0.39 is 5.97 Å². The summed E-state index contributed by atoms with van der Waals surface area (Å²) in [6, 6.07) is 12.7. The van der Waals surface area contributed by atoms with Crippen LogP contribution in [-0.4, -0.2) is 31.9 Å². The number of carboxylic acid groups (broad SMARTS) is 1. The van der Waals surface area contributed by atoms with Crippen LogP contribution in [0.25, 0.3) is 33.7 Å². The van der Waals surface area contributed by atoms with Gasteiger partial charge in [0, 0.05) is 28.2 Å². The van der Waals surface area contributed by atoms with Crippen molar-refractivity contribution in [2.24, 2.45) is 0 Å². The number of nitrogens with zero attached hydrogens (tertiary/aromatic N) is 3. The van der Waals surface area contributed by atoms with Gasteiger partial charge in [0.05, 0.1) is 11.1 Å². The fourth-order valence-corrected chi connectivity index (χ4v) is 3.36. The molecule has 0 aliphatic heterocycles. The van der Waals surface area contributed by atoms with Crippen molar-refractivity contribution in [1.29, 1.82) is 0 Å². The van der Waals surface area contributed by atoms with Crippen LogP contribution in [0, 0.1) is 0 Å². The number of halogens is 1. The van der Waals surface area contributed by atoms with Crippen LogP contribution in [-0.2, 0) is 11.3 Å². The zero-order chi connectivity index (χ0) is 20.5. The fourth-order valence-electron chi connectivity index (χ4n) is 3.14. The van der Waals surface area contributed by atoms with Gasteiger partial charge in [0.2, 0.25) is 5.82 Å². The Hall–Kier alpha value is -3.32. The molecular weight excluding hydrogens is 394 g/mol. The largest absolute Gasteiger partial charge is 0.489 e. The summed E-state index contributed by atoms with van der Waals surface area (Å²) in [5, 5.41) is 14.5. The van der Waals surface area contributed by atoms with E-state index in [2.05, 4.69) is 10.1 Å². The maximum Gasteiger partial charge on any atom is 0.323 e. The first-order chi connectivity index (χ1) is 13.9. The minimum Gasteiger partial charge on any atom is -0.489 e. The Morgan fingerprint density at radius 2 is 2.10 bits per heavy atom. The van der Waals surface area contributed by atoms with E-state index in [9.17, 15) is 4.79 Å². The molecule has 0 fully saturated rings. The first-order valence-electron chi connectivity index (χ1n) is 9.02. The zero-order valence-electron chi connectivity index (χ0n) is 15.8. The van der Waals surface area contributed by atoms with Gasteiger partial charge in [-0.3, -0.25) is 4.79 Å². The second-order valence-corrected chi connectivity index (χ2v) is 7.22. The highest BCUT2D eigenvalue weighted by Gasteiger charge is 2.16. The number of rotatable bonds is 6. The molecule has 2 aromatic heterocycles. The van der Waals surface area contributed by atoms with Crippen molar-refractivity contribution < 1.29 is 19.2 Å². The number of aromatic nitrogens is 3. The lowest BCUT2D eigenvalue weighted by Gasteiger charge is -2.11. The molecule has 0 spiro atoms. The third kappa shape index (κ3) is 3.82. The van der Waals surface area contributed by atoms with Crippen molar-refractivity contribution in [2.45, 2.75) is 26.5 Å². The lowest BCUT2D eigenvalue weighted by Crippen LogP contribution is -2.07. The van der Waals surface area contributed by atoms with Crippen LogP contribution in [0.5, 0.6) is 5.75 Å². The molecule has 29 heavy (non-hydrogen) atoms. The minimum atomic E-state index is -0.906. The van der Waals surface area contributed by atoms with Crippen molar-refractivity contribution in [3.05, 3.63) is 53.7 Å². The van der Waals surface area contributed by atoms with Crippen molar-refractivity contribution in [3.8, 4) is 28.6 Å². The lowest BCUT2D eigenvalue weighted by molar-refractivity contribution is -0.137. The maximum atomic E-state index is 11.1. The summed E-state index contributed by atoms with van der Waals surface area (Å²) >= 11 is 6.30. The first-order valence-corrected chi connectivity index (χ1v) is 9.40. The summed E-state index contributed by atoms with van der Waals surface area (Å²) in [6.45, 7) is 3.74. The van der Waals surface area contributed by atoms with E-state index in [1.54, 1.807) is 22.9 Å². The fraction of sp³-hybridized carbons (Fsp3) is 0.190. The van der Waals surface area contributed by atoms with Crippen LogP contribution in [0.3, 0.4) is 0 Å². The SMILES string of the molecule is CC(C)Oc1ccc(-c2nc(-c3cccc4c3ccn4CC(=O)O)no2)cc1Cl. The molecule has 148 valence electrons. The van der Waals surface area contributed by atoms with Gasteiger partial charge in [-0.2, -0.15) is 4.98 Å². The van der Waals surface area contributed by atoms with Gasteiger partial charge in [0.1, 0.15) is 12.3 Å². The number of hydrogen-bond donors (Lipinski definition) is 1. The quantitative estimate of drug-likeness (QED) is 0.486. The van der Waals surface area contributed by atoms with Gasteiger partial charge in [-0.25, -0.2) is 0 Å². The molecular formula is C21H18ClN3O4. The van der Waals surface area contributed by atoms with E-state index >= 15 is 0 Å². The van der Waals surface area contributed by atoms with E-state index in [-0.39, 0.29) is 12.6 Å². The maximum absolute atomic E-state index is 11.1. The number of ether oxygens (including phenoxy) is 1. The van der Waals surface area contributed by atoms with Crippen LogP contribution >= 0.6 is 11.6 Å². The van der Waals surface area contributed by atoms with E-state index in [4.69, 9.17) is 26.0 Å². The summed E-state index contributed by atoms with van der Waals surface area (Å²) in [5.74, 6) is 0.434. The number of carbonyl (C=O) groups is 1. The Morgan fingerprint density at radius 1 is 1.28 bits per heavy atom. The highest BCUT2D eigenvalue weighted by Crippen LogP contribution is 2.33. The normalized spacial score (nSPS) is 11.3. The van der Waals surface area contributed by atoms with Gasteiger partial charge in [-0.15, -0.1) is 0 Å². The Kier molecular flexibility index (Phi) is 4.98. The molecule has 0 saturated heterocycles. The van der Waals surface area contributed by atoms with E-state index in [1.165, 1.54) is 0 Å². The molecule has 0 aliphatic rings. The molecule has 2 heterocycles. The monoisotopic (exact) mass is 411 g/mol. The number of benzene rings is 2. The van der Waals surface area contributed by atoms with Crippen LogP contribution in [0.2, 0.25) is 5.02 Å². The van der Waals surface area contributed by atoms with Crippen molar-refractivity contribution in [2.75, 3.05) is 0 Å².